The fraction of sp³-hybridized carbons (Fsp3) is 0.368. The molecule has 1 aromatic rings. The van der Waals surface area contributed by atoms with E-state index in [4.69, 9.17) is 25.8 Å². The van der Waals surface area contributed by atoms with E-state index in [1.807, 2.05) is 13.8 Å². The van der Waals surface area contributed by atoms with E-state index in [1.54, 1.807) is 35.5 Å². The van der Waals surface area contributed by atoms with E-state index in [2.05, 4.69) is 0 Å². The quantitative estimate of drug-likeness (QED) is 0.731. The molecule has 7 heteroatoms. The summed E-state index contributed by atoms with van der Waals surface area (Å²) in [6.45, 7) is 3.89. The van der Waals surface area contributed by atoms with Gasteiger partial charge in [-0.25, -0.2) is 9.59 Å². The molecule has 0 saturated carbocycles. The van der Waals surface area contributed by atoms with Gasteiger partial charge in [0.25, 0.3) is 0 Å². The third-order valence-electron chi connectivity index (χ3n) is 4.15. The van der Waals surface area contributed by atoms with Gasteiger partial charge in [-0.1, -0.05) is 17.7 Å². The smallest absolute Gasteiger partial charge is 0.336 e. The largest absolute Gasteiger partial charge is 0.495 e. The molecule has 2 rings (SSSR count). The number of carbonyl (C=O) groups excluding carboxylic acids is 2. The maximum absolute atomic E-state index is 12.4. The standard InChI is InChI=1S/C19H22ClNO5/c1-11(2)21-9-13(18(22)25-4)17(14(10-21)19(23)26-5)12-6-7-16(24-3)15(20)8-12/h6-11,17H,1-5H3. The number of ether oxygens (including phenoxy) is 3. The zero-order valence-electron chi connectivity index (χ0n) is 15.4. The first kappa shape index (κ1) is 19.8. The van der Waals surface area contributed by atoms with E-state index in [-0.39, 0.29) is 6.04 Å². The highest BCUT2D eigenvalue weighted by Crippen LogP contribution is 2.39. The second-order valence-corrected chi connectivity index (χ2v) is 6.43. The molecule has 26 heavy (non-hydrogen) atoms. The van der Waals surface area contributed by atoms with Crippen molar-refractivity contribution in [3.05, 3.63) is 52.3 Å². The highest BCUT2D eigenvalue weighted by molar-refractivity contribution is 6.32. The van der Waals surface area contributed by atoms with Crippen LogP contribution in [0.2, 0.25) is 5.02 Å². The first-order valence-electron chi connectivity index (χ1n) is 8.05. The van der Waals surface area contributed by atoms with Crippen molar-refractivity contribution in [2.75, 3.05) is 21.3 Å². The van der Waals surface area contributed by atoms with Crippen LogP contribution >= 0.6 is 11.6 Å². The summed E-state index contributed by atoms with van der Waals surface area (Å²) in [5.74, 6) is -1.21. The van der Waals surface area contributed by atoms with Crippen LogP contribution in [0.1, 0.15) is 25.3 Å². The maximum atomic E-state index is 12.4. The van der Waals surface area contributed by atoms with E-state index >= 15 is 0 Å². The zero-order chi connectivity index (χ0) is 19.4. The molecular weight excluding hydrogens is 358 g/mol. The minimum atomic E-state index is -0.659. The van der Waals surface area contributed by atoms with Crippen molar-refractivity contribution >= 4 is 23.5 Å². The second kappa shape index (κ2) is 8.27. The highest BCUT2D eigenvalue weighted by Gasteiger charge is 2.35. The Morgan fingerprint density at radius 3 is 1.96 bits per heavy atom. The van der Waals surface area contributed by atoms with Gasteiger partial charge < -0.3 is 19.1 Å². The molecule has 6 nitrogen and oxygen atoms in total. The van der Waals surface area contributed by atoms with Crippen LogP contribution in [0.25, 0.3) is 0 Å². The number of hydrogen-bond acceptors (Lipinski definition) is 6. The van der Waals surface area contributed by atoms with Gasteiger partial charge in [-0.2, -0.15) is 0 Å². The monoisotopic (exact) mass is 379 g/mol. The highest BCUT2D eigenvalue weighted by atomic mass is 35.5. The van der Waals surface area contributed by atoms with Crippen LogP contribution in [0, 0.1) is 0 Å². The van der Waals surface area contributed by atoms with Crippen LogP contribution in [0.4, 0.5) is 0 Å². The molecule has 0 bridgehead atoms. The molecule has 0 amide bonds. The Hall–Kier alpha value is -2.47. The Labute approximate surface area is 158 Å². The van der Waals surface area contributed by atoms with Gasteiger partial charge in [-0.05, 0) is 31.5 Å². The molecule has 0 fully saturated rings. The molecule has 0 saturated heterocycles. The van der Waals surface area contributed by atoms with Crippen LogP contribution in [-0.4, -0.2) is 44.2 Å². The number of methoxy groups -OCH3 is 3. The summed E-state index contributed by atoms with van der Waals surface area (Å²) in [5.41, 5.74) is 1.31. The molecule has 0 aliphatic carbocycles. The lowest BCUT2D eigenvalue weighted by molar-refractivity contribution is -0.137. The van der Waals surface area contributed by atoms with Crippen LogP contribution < -0.4 is 4.74 Å². The summed E-state index contributed by atoms with van der Waals surface area (Å²) in [7, 11) is 4.12. The lowest BCUT2D eigenvalue weighted by atomic mass is 9.83. The van der Waals surface area contributed by atoms with Gasteiger partial charge in [0.15, 0.2) is 0 Å². The zero-order valence-corrected chi connectivity index (χ0v) is 16.2. The van der Waals surface area contributed by atoms with Crippen LogP contribution in [0.5, 0.6) is 5.75 Å². The summed E-state index contributed by atoms with van der Waals surface area (Å²) in [6.07, 6.45) is 3.37. The van der Waals surface area contributed by atoms with E-state index in [0.717, 1.165) is 0 Å². The first-order valence-corrected chi connectivity index (χ1v) is 8.42. The number of rotatable bonds is 5. The minimum absolute atomic E-state index is 0.0368. The van der Waals surface area contributed by atoms with Crippen molar-refractivity contribution in [2.24, 2.45) is 0 Å². The van der Waals surface area contributed by atoms with Gasteiger partial charge in [0.1, 0.15) is 5.75 Å². The number of halogens is 1. The Morgan fingerprint density at radius 2 is 1.58 bits per heavy atom. The van der Waals surface area contributed by atoms with E-state index in [1.165, 1.54) is 21.3 Å². The number of esters is 2. The van der Waals surface area contributed by atoms with Gasteiger partial charge in [0, 0.05) is 18.4 Å². The maximum Gasteiger partial charge on any atom is 0.336 e. The summed E-state index contributed by atoms with van der Waals surface area (Å²) >= 11 is 6.24. The molecule has 0 N–H and O–H groups in total. The third kappa shape index (κ3) is 3.85. The molecule has 0 atom stereocenters. The van der Waals surface area contributed by atoms with Gasteiger partial charge in [-0.3, -0.25) is 0 Å². The van der Waals surface area contributed by atoms with Crippen molar-refractivity contribution in [1.82, 2.24) is 4.90 Å². The molecular formula is C19H22ClNO5. The fourth-order valence-corrected chi connectivity index (χ4v) is 3.04. The van der Waals surface area contributed by atoms with Gasteiger partial charge in [0.05, 0.1) is 43.4 Å². The van der Waals surface area contributed by atoms with Gasteiger partial charge >= 0.3 is 11.9 Å². The number of carbonyl (C=O) groups is 2. The Morgan fingerprint density at radius 1 is 1.04 bits per heavy atom. The van der Waals surface area contributed by atoms with Crippen LogP contribution in [0.3, 0.4) is 0 Å². The molecule has 0 spiro atoms. The Bertz CT molecular complexity index is 735. The van der Waals surface area contributed by atoms with Gasteiger partial charge in [0.2, 0.25) is 0 Å². The summed E-state index contributed by atoms with van der Waals surface area (Å²) < 4.78 is 15.0. The van der Waals surface area contributed by atoms with Crippen LogP contribution in [-0.2, 0) is 19.1 Å². The average Bonchev–Trinajstić information content (AvgIpc) is 2.65. The number of nitrogens with zero attached hydrogens (tertiary/aromatic N) is 1. The number of hydrogen-bond donors (Lipinski definition) is 0. The summed E-state index contributed by atoms with van der Waals surface area (Å²) in [4.78, 5) is 26.6. The molecule has 140 valence electrons. The van der Waals surface area contributed by atoms with Gasteiger partial charge in [-0.15, -0.1) is 0 Å². The summed E-state index contributed by atoms with van der Waals surface area (Å²) in [6, 6.07) is 5.16. The predicted octanol–water partition coefficient (Wildman–Crippen LogP) is 3.27. The van der Waals surface area contributed by atoms with Crippen LogP contribution in [0.15, 0.2) is 41.7 Å². The number of benzene rings is 1. The van der Waals surface area contributed by atoms with E-state index < -0.39 is 17.9 Å². The Kier molecular flexibility index (Phi) is 6.32. The SMILES string of the molecule is COC(=O)C1=CN(C(C)C)C=C(C(=O)OC)C1c1ccc(OC)c(Cl)c1. The molecule has 0 unspecified atom stereocenters. The van der Waals surface area contributed by atoms with Crippen molar-refractivity contribution in [3.8, 4) is 5.75 Å². The lowest BCUT2D eigenvalue weighted by Crippen LogP contribution is -2.31. The van der Waals surface area contributed by atoms with E-state index in [9.17, 15) is 9.59 Å². The predicted molar refractivity (Wildman–Crippen MR) is 97.9 cm³/mol. The molecule has 1 aliphatic heterocycles. The Balaban J connectivity index is 2.64. The topological polar surface area (TPSA) is 65.1 Å². The lowest BCUT2D eigenvalue weighted by Gasteiger charge is -2.32. The minimum Gasteiger partial charge on any atom is -0.495 e. The van der Waals surface area contributed by atoms with Crippen molar-refractivity contribution < 1.29 is 23.8 Å². The fourth-order valence-electron chi connectivity index (χ4n) is 2.77. The normalized spacial score (nSPS) is 14.7. The molecule has 1 heterocycles. The second-order valence-electron chi connectivity index (χ2n) is 6.02. The average molecular weight is 380 g/mol. The summed E-state index contributed by atoms with van der Waals surface area (Å²) in [5, 5.41) is 0.379. The first-order chi connectivity index (χ1) is 12.3. The van der Waals surface area contributed by atoms with Crippen molar-refractivity contribution in [1.29, 1.82) is 0 Å². The van der Waals surface area contributed by atoms with Crippen molar-refractivity contribution in [2.45, 2.75) is 25.8 Å². The molecule has 1 aliphatic rings. The van der Waals surface area contributed by atoms with E-state index in [0.29, 0.717) is 27.5 Å². The molecule has 1 aromatic carbocycles. The molecule has 0 radical (unpaired) electrons. The third-order valence-corrected chi connectivity index (χ3v) is 4.44. The molecule has 0 aromatic heterocycles. The van der Waals surface area contributed by atoms with Crippen molar-refractivity contribution in [3.63, 3.8) is 0 Å².